The Bertz CT molecular complexity index is 450. The van der Waals surface area contributed by atoms with Crippen molar-refractivity contribution in [3.8, 4) is 0 Å². The molecule has 1 saturated heterocycles. The molecule has 2 heterocycles. The van der Waals surface area contributed by atoms with Crippen molar-refractivity contribution < 1.29 is 4.79 Å². The number of amides is 1. The van der Waals surface area contributed by atoms with Crippen molar-refractivity contribution in [3.63, 3.8) is 0 Å². The highest BCUT2D eigenvalue weighted by Crippen LogP contribution is 2.37. The summed E-state index contributed by atoms with van der Waals surface area (Å²) in [4.78, 5) is 17.2. The van der Waals surface area contributed by atoms with Gasteiger partial charge in [0.15, 0.2) is 0 Å². The molecule has 1 aliphatic heterocycles. The van der Waals surface area contributed by atoms with Crippen molar-refractivity contribution in [1.29, 1.82) is 0 Å². The van der Waals surface area contributed by atoms with E-state index in [1.165, 1.54) is 6.42 Å². The Kier molecular flexibility index (Phi) is 4.23. The fourth-order valence-corrected chi connectivity index (χ4v) is 3.60. The maximum Gasteiger partial charge on any atom is 0.270 e. The van der Waals surface area contributed by atoms with Crippen LogP contribution in [0.1, 0.15) is 23.3 Å². The zero-order valence-electron chi connectivity index (χ0n) is 9.93. The van der Waals surface area contributed by atoms with Gasteiger partial charge in [0.2, 0.25) is 0 Å². The number of nitrogens with zero attached hydrogens (tertiary/aromatic N) is 1. The molecule has 0 radical (unpaired) electrons. The van der Waals surface area contributed by atoms with E-state index in [2.05, 4.69) is 27.6 Å². The molecule has 3 N–H and O–H groups in total. The van der Waals surface area contributed by atoms with Crippen molar-refractivity contribution in [2.45, 2.75) is 18.9 Å². The quantitative estimate of drug-likeness (QED) is 0.729. The van der Waals surface area contributed by atoms with Crippen molar-refractivity contribution in [2.75, 3.05) is 13.1 Å². The van der Waals surface area contributed by atoms with Gasteiger partial charge < -0.3 is 15.6 Å². The molecule has 1 aliphatic carbocycles. The number of aromatic amines is 1. The zero-order valence-corrected chi connectivity index (χ0v) is 12.9. The van der Waals surface area contributed by atoms with Crippen LogP contribution in [0.3, 0.4) is 0 Å². The molecular weight excluding hydrogens is 365 g/mol. The van der Waals surface area contributed by atoms with Gasteiger partial charge in [-0.05, 0) is 53.3 Å². The van der Waals surface area contributed by atoms with Gasteiger partial charge in [-0.1, -0.05) is 0 Å². The minimum Gasteiger partial charge on any atom is -0.356 e. The third-order valence-electron chi connectivity index (χ3n) is 4.08. The lowest BCUT2D eigenvalue weighted by molar-refractivity contribution is 0.0774. The fraction of sp³-hybridized carbons (Fsp3) is 0.583. The van der Waals surface area contributed by atoms with Crippen LogP contribution in [0, 0.1) is 15.4 Å². The number of hydrogen-bond acceptors (Lipinski definition) is 2. The molecule has 3 unspecified atom stereocenters. The molecular formula is C12H17ClIN3O. The number of nitrogens with two attached hydrogens (primary N) is 1. The maximum absolute atomic E-state index is 12.2. The molecule has 3 atom stereocenters. The second kappa shape index (κ2) is 5.38. The lowest BCUT2D eigenvalue weighted by atomic mass is 9.98. The average molecular weight is 382 g/mol. The van der Waals surface area contributed by atoms with E-state index in [-0.39, 0.29) is 18.3 Å². The van der Waals surface area contributed by atoms with Crippen molar-refractivity contribution in [3.05, 3.63) is 21.5 Å². The summed E-state index contributed by atoms with van der Waals surface area (Å²) < 4.78 is 1.07. The second-order valence-electron chi connectivity index (χ2n) is 5.11. The van der Waals surface area contributed by atoms with Gasteiger partial charge >= 0.3 is 0 Å². The number of carbonyl (C=O) groups excluding carboxylic acids is 1. The van der Waals surface area contributed by atoms with Crippen LogP contribution in [0.4, 0.5) is 0 Å². The molecule has 1 aromatic heterocycles. The number of rotatable bonds is 1. The lowest BCUT2D eigenvalue weighted by Gasteiger charge is -2.17. The first-order valence-electron chi connectivity index (χ1n) is 6.04. The summed E-state index contributed by atoms with van der Waals surface area (Å²) in [6.45, 7) is 1.72. The topological polar surface area (TPSA) is 62.1 Å². The molecule has 100 valence electrons. The Morgan fingerprint density at radius 1 is 1.44 bits per heavy atom. The van der Waals surface area contributed by atoms with E-state index in [4.69, 9.17) is 5.73 Å². The second-order valence-corrected chi connectivity index (χ2v) is 6.35. The smallest absolute Gasteiger partial charge is 0.270 e. The Hall–Kier alpha value is -0.270. The highest BCUT2D eigenvalue weighted by atomic mass is 127. The fourth-order valence-electron chi connectivity index (χ4n) is 3.14. The third kappa shape index (κ3) is 2.40. The highest BCUT2D eigenvalue weighted by molar-refractivity contribution is 14.1. The molecule has 6 heteroatoms. The van der Waals surface area contributed by atoms with Gasteiger partial charge in [0, 0.05) is 28.9 Å². The van der Waals surface area contributed by atoms with Gasteiger partial charge in [0.1, 0.15) is 5.69 Å². The monoisotopic (exact) mass is 381 g/mol. The van der Waals surface area contributed by atoms with E-state index in [0.717, 1.165) is 23.1 Å². The summed E-state index contributed by atoms with van der Waals surface area (Å²) in [5.74, 6) is 1.27. The van der Waals surface area contributed by atoms with E-state index in [1.807, 2.05) is 17.2 Å². The highest BCUT2D eigenvalue weighted by Gasteiger charge is 2.42. The van der Waals surface area contributed by atoms with Crippen LogP contribution >= 0.6 is 35.0 Å². The van der Waals surface area contributed by atoms with Gasteiger partial charge in [0.05, 0.1) is 0 Å². The molecule has 0 aromatic carbocycles. The number of hydrogen-bond donors (Lipinski definition) is 2. The number of likely N-dealkylation sites (tertiary alicyclic amines) is 1. The minimum atomic E-state index is 0. The summed E-state index contributed by atoms with van der Waals surface area (Å²) in [6, 6.07) is 2.19. The Morgan fingerprint density at radius 3 is 2.83 bits per heavy atom. The SMILES string of the molecule is Cl.NC1CCC2CN(C(=O)c3cc(I)c[nH]3)CC12. The molecule has 1 aromatic rings. The molecule has 2 fully saturated rings. The van der Waals surface area contributed by atoms with Crippen LogP contribution in [0.5, 0.6) is 0 Å². The van der Waals surface area contributed by atoms with Crippen molar-refractivity contribution >= 4 is 40.9 Å². The van der Waals surface area contributed by atoms with Crippen LogP contribution in [0.25, 0.3) is 0 Å². The van der Waals surface area contributed by atoms with Crippen LogP contribution in [-0.4, -0.2) is 34.9 Å². The van der Waals surface area contributed by atoms with Gasteiger partial charge in [0.25, 0.3) is 5.91 Å². The van der Waals surface area contributed by atoms with Crippen LogP contribution in [0.2, 0.25) is 0 Å². The number of nitrogens with one attached hydrogen (secondary N) is 1. The van der Waals surface area contributed by atoms with Gasteiger partial charge in [-0.3, -0.25) is 4.79 Å². The summed E-state index contributed by atoms with van der Waals surface area (Å²) in [7, 11) is 0. The van der Waals surface area contributed by atoms with E-state index in [0.29, 0.717) is 23.6 Å². The first kappa shape index (κ1) is 14.1. The molecule has 1 saturated carbocycles. The Balaban J connectivity index is 0.00000120. The van der Waals surface area contributed by atoms with E-state index in [1.54, 1.807) is 0 Å². The normalized spacial score (nSPS) is 30.1. The summed E-state index contributed by atoms with van der Waals surface area (Å²) in [6.07, 6.45) is 4.16. The Morgan fingerprint density at radius 2 is 2.22 bits per heavy atom. The number of aromatic nitrogens is 1. The maximum atomic E-state index is 12.2. The van der Waals surface area contributed by atoms with E-state index < -0.39 is 0 Å². The lowest BCUT2D eigenvalue weighted by Crippen LogP contribution is -2.33. The van der Waals surface area contributed by atoms with E-state index >= 15 is 0 Å². The molecule has 4 nitrogen and oxygen atoms in total. The van der Waals surface area contributed by atoms with Crippen molar-refractivity contribution in [1.82, 2.24) is 9.88 Å². The zero-order chi connectivity index (χ0) is 12.0. The van der Waals surface area contributed by atoms with Crippen LogP contribution in [-0.2, 0) is 0 Å². The number of H-pyrrole nitrogens is 1. The largest absolute Gasteiger partial charge is 0.356 e. The molecule has 18 heavy (non-hydrogen) atoms. The molecule has 0 spiro atoms. The predicted molar refractivity (Wildman–Crippen MR) is 80.9 cm³/mol. The third-order valence-corrected chi connectivity index (χ3v) is 4.70. The molecule has 1 amide bonds. The first-order chi connectivity index (χ1) is 8.15. The summed E-state index contributed by atoms with van der Waals surface area (Å²) in [5, 5.41) is 0. The molecule has 3 rings (SSSR count). The first-order valence-corrected chi connectivity index (χ1v) is 7.12. The van der Waals surface area contributed by atoms with Gasteiger partial charge in [-0.2, -0.15) is 0 Å². The van der Waals surface area contributed by atoms with Crippen LogP contribution < -0.4 is 5.73 Å². The standard InChI is InChI=1S/C12H16IN3O.ClH/c13-8-3-11(15-4-8)12(17)16-5-7-1-2-10(14)9(7)6-16;/h3-4,7,9-10,15H,1-2,5-6,14H2;1H. The number of fused-ring (bicyclic) bond motifs is 1. The number of halogens is 2. The average Bonchev–Trinajstić information content (AvgIpc) is 2.96. The predicted octanol–water partition coefficient (Wildman–Crippen LogP) is 1.85. The molecule has 2 aliphatic rings. The van der Waals surface area contributed by atoms with Crippen molar-refractivity contribution in [2.24, 2.45) is 17.6 Å². The van der Waals surface area contributed by atoms with Gasteiger partial charge in [-0.15, -0.1) is 12.4 Å². The minimum absolute atomic E-state index is 0. The summed E-state index contributed by atoms with van der Waals surface area (Å²) in [5.41, 5.74) is 6.78. The Labute approximate surface area is 126 Å². The van der Waals surface area contributed by atoms with E-state index in [9.17, 15) is 4.79 Å². The van der Waals surface area contributed by atoms with Crippen LogP contribution in [0.15, 0.2) is 12.3 Å². The molecule has 0 bridgehead atoms. The van der Waals surface area contributed by atoms with Gasteiger partial charge in [-0.25, -0.2) is 0 Å². The number of carbonyl (C=O) groups is 1. The summed E-state index contributed by atoms with van der Waals surface area (Å²) >= 11 is 2.21.